The molecular weight excluding hydrogens is 233 g/mol. The fraction of sp³-hybridized carbons (Fsp3) is 0.429. The Morgan fingerprint density at radius 1 is 1.53 bits per heavy atom. The first-order valence-corrected chi connectivity index (χ1v) is 6.93. The van der Waals surface area contributed by atoms with Crippen LogP contribution in [0.3, 0.4) is 0 Å². The van der Waals surface area contributed by atoms with Crippen LogP contribution in [0.5, 0.6) is 0 Å². The molecule has 1 rings (SSSR count). The highest BCUT2D eigenvalue weighted by atomic mass is 32.2. The van der Waals surface area contributed by atoms with E-state index in [-0.39, 0.29) is 11.9 Å². The zero-order valence-electron chi connectivity index (χ0n) is 10.1. The summed E-state index contributed by atoms with van der Waals surface area (Å²) in [6.07, 6.45) is 6.12. The fourth-order valence-electron chi connectivity index (χ4n) is 1.66. The van der Waals surface area contributed by atoms with Crippen molar-refractivity contribution >= 4 is 11.8 Å². The van der Waals surface area contributed by atoms with E-state index >= 15 is 0 Å². The van der Waals surface area contributed by atoms with Crippen molar-refractivity contribution in [3.8, 4) is 12.3 Å². The van der Waals surface area contributed by atoms with Gasteiger partial charge in [-0.05, 0) is 24.1 Å². The molecule has 92 valence electrons. The molecule has 3 heteroatoms. The minimum atomic E-state index is -0.176. The molecule has 17 heavy (non-hydrogen) atoms. The molecule has 0 fully saturated rings. The summed E-state index contributed by atoms with van der Waals surface area (Å²) in [7, 11) is 0. The van der Waals surface area contributed by atoms with Crippen LogP contribution in [0.15, 0.2) is 24.3 Å². The first kappa shape index (κ1) is 14.1. The van der Waals surface area contributed by atoms with Gasteiger partial charge in [-0.3, -0.25) is 0 Å². The van der Waals surface area contributed by atoms with Gasteiger partial charge in [0.2, 0.25) is 0 Å². The Hall–Kier alpha value is -0.980. The van der Waals surface area contributed by atoms with E-state index in [2.05, 4.69) is 18.2 Å². The average Bonchev–Trinajstić information content (AvgIpc) is 2.34. The summed E-state index contributed by atoms with van der Waals surface area (Å²) in [5.74, 6) is 4.15. The van der Waals surface area contributed by atoms with Gasteiger partial charge in [-0.1, -0.05) is 25.0 Å². The molecule has 0 heterocycles. The first-order chi connectivity index (χ1) is 8.27. The molecule has 0 saturated heterocycles. The van der Waals surface area contributed by atoms with E-state index < -0.39 is 0 Å². The van der Waals surface area contributed by atoms with E-state index in [0.717, 1.165) is 30.0 Å². The van der Waals surface area contributed by atoms with Gasteiger partial charge in [0.25, 0.3) is 0 Å². The van der Waals surface area contributed by atoms with Crippen molar-refractivity contribution in [3.05, 3.63) is 35.6 Å². The van der Waals surface area contributed by atoms with Crippen LogP contribution < -0.4 is 5.32 Å². The summed E-state index contributed by atoms with van der Waals surface area (Å²) in [6.45, 7) is 2.98. The molecule has 0 aliphatic heterocycles. The number of hydrogen-bond donors (Lipinski definition) is 1. The third-order valence-electron chi connectivity index (χ3n) is 2.48. The molecule has 1 aromatic rings. The summed E-state index contributed by atoms with van der Waals surface area (Å²) in [4.78, 5) is 0. The van der Waals surface area contributed by atoms with Crippen LogP contribution in [0, 0.1) is 18.2 Å². The summed E-state index contributed by atoms with van der Waals surface area (Å²) in [5, 5.41) is 3.42. The second-order valence-corrected chi connectivity index (χ2v) is 4.83. The molecule has 1 nitrogen and oxygen atoms in total. The van der Waals surface area contributed by atoms with E-state index in [0.29, 0.717) is 0 Å². The molecule has 0 amide bonds. The van der Waals surface area contributed by atoms with Gasteiger partial charge in [0.1, 0.15) is 5.82 Å². The molecule has 1 N–H and O–H groups in total. The number of thioether (sulfide) groups is 1. The lowest BCUT2D eigenvalue weighted by Gasteiger charge is -2.17. The van der Waals surface area contributed by atoms with E-state index in [9.17, 15) is 4.39 Å². The summed E-state index contributed by atoms with van der Waals surface area (Å²) >= 11 is 1.73. The zero-order chi connectivity index (χ0) is 12.5. The largest absolute Gasteiger partial charge is 0.309 e. The number of benzene rings is 1. The van der Waals surface area contributed by atoms with Crippen molar-refractivity contribution in [2.24, 2.45) is 0 Å². The third-order valence-corrected chi connectivity index (χ3v) is 3.35. The molecule has 1 aromatic carbocycles. The Morgan fingerprint density at radius 3 is 3.00 bits per heavy atom. The maximum atomic E-state index is 13.1. The molecule has 0 aromatic heterocycles. The van der Waals surface area contributed by atoms with Crippen LogP contribution in [0.1, 0.15) is 24.9 Å². The van der Waals surface area contributed by atoms with Crippen molar-refractivity contribution in [1.82, 2.24) is 5.32 Å². The van der Waals surface area contributed by atoms with Crippen molar-refractivity contribution in [3.63, 3.8) is 0 Å². The van der Waals surface area contributed by atoms with Crippen LogP contribution in [-0.4, -0.2) is 18.1 Å². The van der Waals surface area contributed by atoms with Crippen molar-refractivity contribution in [2.45, 2.75) is 19.4 Å². The SMILES string of the molecule is C#CCSCCNC(CC)c1cccc(F)c1. The number of terminal acetylenes is 1. The Bertz CT molecular complexity index is 373. The second kappa shape index (κ2) is 8.16. The lowest BCUT2D eigenvalue weighted by atomic mass is 10.0. The highest BCUT2D eigenvalue weighted by molar-refractivity contribution is 7.99. The Kier molecular flexibility index (Phi) is 6.76. The maximum Gasteiger partial charge on any atom is 0.123 e. The highest BCUT2D eigenvalue weighted by Crippen LogP contribution is 2.17. The smallest absolute Gasteiger partial charge is 0.123 e. The van der Waals surface area contributed by atoms with Crippen molar-refractivity contribution < 1.29 is 4.39 Å². The summed E-state index contributed by atoms with van der Waals surface area (Å²) in [5.41, 5.74) is 1.01. The maximum absolute atomic E-state index is 13.1. The van der Waals surface area contributed by atoms with Crippen molar-refractivity contribution in [1.29, 1.82) is 0 Å². The monoisotopic (exact) mass is 251 g/mol. The summed E-state index contributed by atoms with van der Waals surface area (Å²) in [6, 6.07) is 6.99. The minimum Gasteiger partial charge on any atom is -0.309 e. The highest BCUT2D eigenvalue weighted by Gasteiger charge is 2.08. The Labute approximate surface area is 107 Å². The van der Waals surface area contributed by atoms with Crippen LogP contribution in [0.25, 0.3) is 0 Å². The molecule has 0 radical (unpaired) electrons. The van der Waals surface area contributed by atoms with Gasteiger partial charge in [0.05, 0.1) is 5.75 Å². The molecule has 1 unspecified atom stereocenters. The number of nitrogens with one attached hydrogen (secondary N) is 1. The van der Waals surface area contributed by atoms with E-state index in [4.69, 9.17) is 6.42 Å². The number of hydrogen-bond acceptors (Lipinski definition) is 2. The number of halogens is 1. The van der Waals surface area contributed by atoms with Crippen LogP contribution in [0.4, 0.5) is 4.39 Å². The quantitative estimate of drug-likeness (QED) is 0.590. The summed E-state index contributed by atoms with van der Waals surface area (Å²) < 4.78 is 13.1. The lowest BCUT2D eigenvalue weighted by Crippen LogP contribution is -2.23. The normalized spacial score (nSPS) is 12.1. The molecule has 0 bridgehead atoms. The van der Waals surface area contributed by atoms with Crippen LogP contribution in [-0.2, 0) is 0 Å². The van der Waals surface area contributed by atoms with E-state index in [1.165, 1.54) is 6.07 Å². The Morgan fingerprint density at radius 2 is 2.35 bits per heavy atom. The van der Waals surface area contributed by atoms with Crippen LogP contribution >= 0.6 is 11.8 Å². The molecule has 0 spiro atoms. The van der Waals surface area contributed by atoms with E-state index in [1.807, 2.05) is 6.07 Å². The predicted octanol–water partition coefficient (Wildman–Crippen LogP) is 3.23. The lowest BCUT2D eigenvalue weighted by molar-refractivity contribution is 0.533. The van der Waals surface area contributed by atoms with Gasteiger partial charge in [-0.2, -0.15) is 0 Å². The van der Waals surface area contributed by atoms with Gasteiger partial charge in [-0.25, -0.2) is 4.39 Å². The first-order valence-electron chi connectivity index (χ1n) is 5.78. The van der Waals surface area contributed by atoms with Crippen LogP contribution in [0.2, 0.25) is 0 Å². The number of rotatable bonds is 7. The van der Waals surface area contributed by atoms with Crippen molar-refractivity contribution in [2.75, 3.05) is 18.1 Å². The van der Waals surface area contributed by atoms with Gasteiger partial charge >= 0.3 is 0 Å². The minimum absolute atomic E-state index is 0.176. The van der Waals surface area contributed by atoms with Gasteiger partial charge < -0.3 is 5.32 Å². The molecular formula is C14H18FNS. The molecule has 0 aliphatic carbocycles. The predicted molar refractivity (Wildman–Crippen MR) is 73.6 cm³/mol. The second-order valence-electron chi connectivity index (χ2n) is 3.73. The molecule has 0 aliphatic rings. The fourth-order valence-corrected chi connectivity index (χ4v) is 2.18. The van der Waals surface area contributed by atoms with Gasteiger partial charge in [0.15, 0.2) is 0 Å². The Balaban J connectivity index is 2.41. The molecule has 1 atom stereocenters. The molecule has 0 saturated carbocycles. The zero-order valence-corrected chi connectivity index (χ0v) is 10.9. The van der Waals surface area contributed by atoms with Gasteiger partial charge in [0, 0.05) is 18.3 Å². The topological polar surface area (TPSA) is 12.0 Å². The third kappa shape index (κ3) is 5.25. The standard InChI is InChI=1S/C14H18FNS/c1-3-9-17-10-8-16-14(4-2)12-6-5-7-13(15)11-12/h1,5-7,11,14,16H,4,8-10H2,2H3. The van der Waals surface area contributed by atoms with E-state index in [1.54, 1.807) is 23.9 Å². The average molecular weight is 251 g/mol. The van der Waals surface area contributed by atoms with Gasteiger partial charge in [-0.15, -0.1) is 18.2 Å².